The van der Waals surface area contributed by atoms with E-state index in [-0.39, 0.29) is 36.5 Å². The van der Waals surface area contributed by atoms with Gasteiger partial charge in [-0.25, -0.2) is 4.79 Å². The maximum atomic E-state index is 12.2. The molecule has 1 unspecified atom stereocenters. The van der Waals surface area contributed by atoms with Crippen LogP contribution in [0.25, 0.3) is 0 Å². The number of rotatable bonds is 3. The highest BCUT2D eigenvalue weighted by Gasteiger charge is 2.48. The van der Waals surface area contributed by atoms with Crippen molar-refractivity contribution in [1.82, 2.24) is 4.90 Å². The summed E-state index contributed by atoms with van der Waals surface area (Å²) in [6.45, 7) is 0. The number of imide groups is 1. The van der Waals surface area contributed by atoms with Gasteiger partial charge >= 0.3 is 5.97 Å². The van der Waals surface area contributed by atoms with Crippen molar-refractivity contribution < 1.29 is 19.5 Å². The fourth-order valence-electron chi connectivity index (χ4n) is 3.24. The molecule has 0 bridgehead atoms. The first-order chi connectivity index (χ1) is 8.99. The SMILES string of the molecule is C#CCC(C(=O)O)N1C(=O)CC2(CCCC2)CC1=O. The predicted molar refractivity (Wildman–Crippen MR) is 66.9 cm³/mol. The average molecular weight is 263 g/mol. The summed E-state index contributed by atoms with van der Waals surface area (Å²) in [6, 6.07) is -1.22. The summed E-state index contributed by atoms with van der Waals surface area (Å²) in [5, 5.41) is 9.11. The standard InChI is InChI=1S/C14H17NO4/c1-2-5-10(13(18)19)15-11(16)8-14(9-12(15)17)6-3-4-7-14/h1,10H,3-9H2,(H,18,19). The zero-order valence-electron chi connectivity index (χ0n) is 10.7. The monoisotopic (exact) mass is 263 g/mol. The van der Waals surface area contributed by atoms with Crippen LogP contribution in [0, 0.1) is 17.8 Å². The van der Waals surface area contributed by atoms with Crippen LogP contribution < -0.4 is 0 Å². The normalized spacial score (nSPS) is 23.4. The van der Waals surface area contributed by atoms with Gasteiger partial charge in [-0.05, 0) is 18.3 Å². The molecule has 1 spiro atoms. The Morgan fingerprint density at radius 3 is 2.26 bits per heavy atom. The van der Waals surface area contributed by atoms with Crippen LogP contribution in [0.5, 0.6) is 0 Å². The van der Waals surface area contributed by atoms with E-state index in [0.29, 0.717) is 0 Å². The fraction of sp³-hybridized carbons (Fsp3) is 0.643. The number of hydrogen-bond acceptors (Lipinski definition) is 3. The van der Waals surface area contributed by atoms with Crippen LogP contribution >= 0.6 is 0 Å². The molecule has 2 fully saturated rings. The van der Waals surface area contributed by atoms with Crippen LogP contribution in [0.15, 0.2) is 0 Å². The summed E-state index contributed by atoms with van der Waals surface area (Å²) in [5.74, 6) is 0.225. The molecular formula is C14H17NO4. The third-order valence-corrected chi connectivity index (χ3v) is 4.16. The Bertz CT molecular complexity index is 437. The van der Waals surface area contributed by atoms with Gasteiger partial charge in [0, 0.05) is 19.3 Å². The molecule has 0 aromatic rings. The number of piperidine rings is 1. The first-order valence-corrected chi connectivity index (χ1v) is 6.50. The highest BCUT2D eigenvalue weighted by Crippen LogP contribution is 2.47. The van der Waals surface area contributed by atoms with E-state index in [1.165, 1.54) is 0 Å². The molecule has 2 rings (SSSR count). The second kappa shape index (κ2) is 5.04. The molecule has 5 heteroatoms. The molecule has 1 aliphatic carbocycles. The average Bonchev–Trinajstić information content (AvgIpc) is 2.74. The Labute approximate surface area is 112 Å². The Morgan fingerprint density at radius 1 is 1.32 bits per heavy atom. The third-order valence-electron chi connectivity index (χ3n) is 4.16. The van der Waals surface area contributed by atoms with Gasteiger partial charge in [-0.1, -0.05) is 12.8 Å². The number of amides is 2. The maximum Gasteiger partial charge on any atom is 0.327 e. The number of hydrogen-bond donors (Lipinski definition) is 1. The lowest BCUT2D eigenvalue weighted by Gasteiger charge is -2.39. The van der Waals surface area contributed by atoms with Crippen LogP contribution in [0.4, 0.5) is 0 Å². The Hall–Kier alpha value is -1.83. The van der Waals surface area contributed by atoms with Crippen molar-refractivity contribution in [3.63, 3.8) is 0 Å². The summed E-state index contributed by atoms with van der Waals surface area (Å²) >= 11 is 0. The largest absolute Gasteiger partial charge is 0.480 e. The van der Waals surface area contributed by atoms with Crippen LogP contribution in [0.3, 0.4) is 0 Å². The maximum absolute atomic E-state index is 12.2. The van der Waals surface area contributed by atoms with E-state index in [2.05, 4.69) is 5.92 Å². The van der Waals surface area contributed by atoms with Crippen molar-refractivity contribution in [1.29, 1.82) is 0 Å². The van der Waals surface area contributed by atoms with Crippen LogP contribution in [-0.2, 0) is 14.4 Å². The van der Waals surface area contributed by atoms with Gasteiger partial charge < -0.3 is 5.11 Å². The predicted octanol–water partition coefficient (Wildman–Crippen LogP) is 1.17. The number of carboxylic acids is 1. The zero-order valence-corrected chi connectivity index (χ0v) is 10.7. The van der Waals surface area contributed by atoms with Gasteiger partial charge in [0.15, 0.2) is 0 Å². The third kappa shape index (κ3) is 2.48. The van der Waals surface area contributed by atoms with Gasteiger partial charge in [-0.2, -0.15) is 0 Å². The van der Waals surface area contributed by atoms with E-state index in [1.54, 1.807) is 0 Å². The van der Waals surface area contributed by atoms with Gasteiger partial charge in [-0.3, -0.25) is 14.5 Å². The molecular weight excluding hydrogens is 246 g/mol. The number of carboxylic acid groups (broad SMARTS) is 1. The molecule has 1 aliphatic heterocycles. The minimum Gasteiger partial charge on any atom is -0.480 e. The van der Waals surface area contributed by atoms with Gasteiger partial charge in [0.2, 0.25) is 11.8 Å². The van der Waals surface area contributed by atoms with E-state index in [0.717, 1.165) is 30.6 Å². The zero-order chi connectivity index (χ0) is 14.0. The van der Waals surface area contributed by atoms with Crippen molar-refractivity contribution in [2.45, 2.75) is 51.0 Å². The fourth-order valence-corrected chi connectivity index (χ4v) is 3.24. The van der Waals surface area contributed by atoms with Crippen LogP contribution in [0.1, 0.15) is 44.9 Å². The molecule has 0 radical (unpaired) electrons. The molecule has 0 aromatic heterocycles. The summed E-state index contributed by atoms with van der Waals surface area (Å²) in [5.41, 5.74) is -0.218. The number of carbonyl (C=O) groups is 3. The lowest BCUT2D eigenvalue weighted by Crippen LogP contribution is -2.54. The van der Waals surface area contributed by atoms with Crippen LogP contribution in [0.2, 0.25) is 0 Å². The molecule has 2 aliphatic rings. The second-order valence-electron chi connectivity index (χ2n) is 5.48. The first-order valence-electron chi connectivity index (χ1n) is 6.50. The van der Waals surface area contributed by atoms with E-state index in [4.69, 9.17) is 11.5 Å². The smallest absolute Gasteiger partial charge is 0.327 e. The minimum atomic E-state index is -1.22. The summed E-state index contributed by atoms with van der Waals surface area (Å²) in [4.78, 5) is 36.3. The molecule has 102 valence electrons. The van der Waals surface area contributed by atoms with Crippen molar-refractivity contribution >= 4 is 17.8 Å². The van der Waals surface area contributed by atoms with Gasteiger partial charge in [-0.15, -0.1) is 12.3 Å². The molecule has 19 heavy (non-hydrogen) atoms. The highest BCUT2D eigenvalue weighted by molar-refractivity contribution is 6.02. The molecule has 1 saturated carbocycles. The van der Waals surface area contributed by atoms with Gasteiger partial charge in [0.05, 0.1) is 0 Å². The van der Waals surface area contributed by atoms with Crippen molar-refractivity contribution in [2.75, 3.05) is 0 Å². The molecule has 0 aromatic carbocycles. The molecule has 1 saturated heterocycles. The number of terminal acetylenes is 1. The molecule has 1 heterocycles. The Morgan fingerprint density at radius 2 is 1.84 bits per heavy atom. The summed E-state index contributed by atoms with van der Waals surface area (Å²) in [7, 11) is 0. The Kier molecular flexibility index (Phi) is 3.61. The lowest BCUT2D eigenvalue weighted by molar-refractivity contribution is -0.164. The summed E-state index contributed by atoms with van der Waals surface area (Å²) < 4.78 is 0. The van der Waals surface area contributed by atoms with E-state index >= 15 is 0 Å². The number of likely N-dealkylation sites (tertiary alicyclic amines) is 1. The topological polar surface area (TPSA) is 74.7 Å². The molecule has 1 atom stereocenters. The quantitative estimate of drug-likeness (QED) is 0.612. The first kappa shape index (κ1) is 13.6. The van der Waals surface area contributed by atoms with E-state index in [9.17, 15) is 14.4 Å². The Balaban J connectivity index is 2.20. The number of aliphatic carboxylic acids is 1. The minimum absolute atomic E-state index is 0.139. The van der Waals surface area contributed by atoms with Gasteiger partial charge in [0.25, 0.3) is 0 Å². The van der Waals surface area contributed by atoms with Crippen molar-refractivity contribution in [2.24, 2.45) is 5.41 Å². The number of nitrogens with zero attached hydrogens (tertiary/aromatic N) is 1. The highest BCUT2D eigenvalue weighted by atomic mass is 16.4. The molecule has 1 N–H and O–H groups in total. The lowest BCUT2D eigenvalue weighted by atomic mass is 9.76. The van der Waals surface area contributed by atoms with Crippen LogP contribution in [-0.4, -0.2) is 33.8 Å². The van der Waals surface area contributed by atoms with Crippen molar-refractivity contribution in [3.8, 4) is 12.3 Å². The molecule has 5 nitrogen and oxygen atoms in total. The molecule has 2 amide bonds. The van der Waals surface area contributed by atoms with E-state index < -0.39 is 12.0 Å². The second-order valence-corrected chi connectivity index (χ2v) is 5.48. The van der Waals surface area contributed by atoms with Gasteiger partial charge in [0.1, 0.15) is 6.04 Å². The number of carbonyl (C=O) groups excluding carboxylic acids is 2. The van der Waals surface area contributed by atoms with E-state index in [1.807, 2.05) is 0 Å². The van der Waals surface area contributed by atoms with Crippen molar-refractivity contribution in [3.05, 3.63) is 0 Å². The summed E-state index contributed by atoms with van der Waals surface area (Å²) in [6.07, 6.45) is 9.35.